The molecule has 3 aromatic rings. The molecule has 54 heavy (non-hydrogen) atoms. The third-order valence-electron chi connectivity index (χ3n) is 7.24. The van der Waals surface area contributed by atoms with E-state index in [-0.39, 0.29) is 37.8 Å². The number of hydrogen-bond donors (Lipinski definition) is 0. The maximum atomic E-state index is 12.5. The van der Waals surface area contributed by atoms with Gasteiger partial charge in [0, 0.05) is 64.2 Å². The number of aldehydes is 1. The van der Waals surface area contributed by atoms with E-state index in [9.17, 15) is 36.0 Å². The van der Waals surface area contributed by atoms with Crippen molar-refractivity contribution in [2.75, 3.05) is 53.9 Å². The number of benzene rings is 3. The van der Waals surface area contributed by atoms with E-state index < -0.39 is 27.3 Å². The van der Waals surface area contributed by atoms with Crippen molar-refractivity contribution in [2.24, 2.45) is 0 Å². The van der Waals surface area contributed by atoms with E-state index >= 15 is 0 Å². The molecule has 0 radical (unpaired) electrons. The summed E-state index contributed by atoms with van der Waals surface area (Å²) in [5, 5.41) is 0. The van der Waals surface area contributed by atoms with Gasteiger partial charge < -0.3 is 32.6 Å². The van der Waals surface area contributed by atoms with Crippen LogP contribution in [0.1, 0.15) is 61.0 Å². The molecule has 12 nitrogen and oxygen atoms in total. The fraction of sp³-hybridized carbons (Fsp3) is 0.447. The number of rotatable bonds is 22. The van der Waals surface area contributed by atoms with E-state index in [2.05, 4.69) is 4.18 Å². The van der Waals surface area contributed by atoms with Crippen LogP contribution in [0.5, 0.6) is 17.2 Å². The van der Waals surface area contributed by atoms with Gasteiger partial charge in [0.2, 0.25) is 0 Å². The van der Waals surface area contributed by atoms with Crippen LogP contribution in [0.3, 0.4) is 0 Å². The third-order valence-corrected chi connectivity index (χ3v) is 8.21. The fourth-order valence-electron chi connectivity index (χ4n) is 4.61. The van der Waals surface area contributed by atoms with Crippen molar-refractivity contribution in [3.8, 4) is 28.4 Å². The Morgan fingerprint density at radius 2 is 1.19 bits per heavy atom. The first-order valence-corrected chi connectivity index (χ1v) is 18.6. The van der Waals surface area contributed by atoms with Gasteiger partial charge in [-0.15, -0.1) is 0 Å². The van der Waals surface area contributed by atoms with Crippen molar-refractivity contribution in [1.29, 1.82) is 0 Å². The normalized spacial score (nSPS) is 11.2. The summed E-state index contributed by atoms with van der Waals surface area (Å²) in [6.45, 7) is 5.67. The van der Waals surface area contributed by atoms with E-state index in [0.717, 1.165) is 41.2 Å². The Balaban J connectivity index is 0.000000373. The average Bonchev–Trinajstić information content (AvgIpc) is 3.14. The molecule has 0 fully saturated rings. The molecule has 0 amide bonds. The number of alkyl halides is 3. The minimum Gasteiger partial charge on any atom is -0.493 e. The molecular formula is C38H47F3O12S. The zero-order valence-corrected chi connectivity index (χ0v) is 31.6. The third kappa shape index (κ3) is 16.1. The molecule has 0 unspecified atom stereocenters. The lowest BCUT2D eigenvalue weighted by Gasteiger charge is -2.15. The first kappa shape index (κ1) is 45.5. The smallest absolute Gasteiger partial charge is 0.493 e. The summed E-state index contributed by atoms with van der Waals surface area (Å²) in [6.07, 6.45) is 3.26. The molecule has 3 rings (SSSR count). The van der Waals surface area contributed by atoms with Crippen molar-refractivity contribution in [1.82, 2.24) is 0 Å². The van der Waals surface area contributed by atoms with Crippen LogP contribution < -0.4 is 13.7 Å². The lowest BCUT2D eigenvalue weighted by molar-refractivity contribution is -0.144. The van der Waals surface area contributed by atoms with Crippen molar-refractivity contribution in [3.63, 3.8) is 0 Å². The van der Waals surface area contributed by atoms with Crippen molar-refractivity contribution in [2.45, 2.75) is 57.9 Å². The summed E-state index contributed by atoms with van der Waals surface area (Å²) in [4.78, 5) is 33.9. The molecule has 298 valence electrons. The summed E-state index contributed by atoms with van der Waals surface area (Å²) in [5.41, 5.74) is -1.46. The summed E-state index contributed by atoms with van der Waals surface area (Å²) < 4.78 is 95.3. The molecule has 0 aromatic heterocycles. The van der Waals surface area contributed by atoms with E-state index in [0.29, 0.717) is 56.8 Å². The molecule has 0 aliphatic heterocycles. The minimum absolute atomic E-state index is 0.0536. The number of aryl methyl sites for hydroxylation is 2. The molecule has 0 spiro atoms. The number of hydrogen-bond acceptors (Lipinski definition) is 12. The second kappa shape index (κ2) is 23.9. The molecule has 0 saturated carbocycles. The van der Waals surface area contributed by atoms with E-state index in [1.165, 1.54) is 19.2 Å². The zero-order valence-electron chi connectivity index (χ0n) is 30.8. The Morgan fingerprint density at radius 3 is 1.67 bits per heavy atom. The van der Waals surface area contributed by atoms with Gasteiger partial charge in [-0.3, -0.25) is 14.4 Å². The number of methoxy groups -OCH3 is 2. The second-order valence-corrected chi connectivity index (χ2v) is 12.9. The number of halogens is 3. The highest BCUT2D eigenvalue weighted by Gasteiger charge is 2.49. The SMILES string of the molecule is CCOC(=O)CCc1ccc(-c2ccc(C=O)cc2)c(OCCCOC)c1.CCOC(=O)CCc1ccc(OS(=O)(=O)C(F)(F)F)c(OCCCOC)c1. The van der Waals surface area contributed by atoms with Crippen molar-refractivity contribution >= 4 is 28.3 Å². The first-order valence-electron chi connectivity index (χ1n) is 17.1. The van der Waals surface area contributed by atoms with Crippen LogP contribution in [0.25, 0.3) is 11.1 Å². The molecular weight excluding hydrogens is 737 g/mol. The highest BCUT2D eigenvalue weighted by Crippen LogP contribution is 2.35. The summed E-state index contributed by atoms with van der Waals surface area (Å²) in [6, 6.07) is 17.0. The van der Waals surface area contributed by atoms with Gasteiger partial charge in [0.25, 0.3) is 0 Å². The molecule has 16 heteroatoms. The molecule has 0 bridgehead atoms. The van der Waals surface area contributed by atoms with Gasteiger partial charge in [-0.05, 0) is 61.6 Å². The van der Waals surface area contributed by atoms with Crippen LogP contribution in [-0.4, -0.2) is 86.0 Å². The van der Waals surface area contributed by atoms with Gasteiger partial charge in [-0.1, -0.05) is 42.5 Å². The average molecular weight is 785 g/mol. The van der Waals surface area contributed by atoms with E-state index in [1.54, 1.807) is 33.1 Å². The van der Waals surface area contributed by atoms with E-state index in [4.69, 9.17) is 28.4 Å². The molecule has 3 aromatic carbocycles. The highest BCUT2D eigenvalue weighted by molar-refractivity contribution is 7.88. The number of carbonyl (C=O) groups is 3. The largest absolute Gasteiger partial charge is 0.534 e. The fourth-order valence-corrected chi connectivity index (χ4v) is 5.07. The number of esters is 2. The lowest BCUT2D eigenvalue weighted by Crippen LogP contribution is -2.28. The van der Waals surface area contributed by atoms with E-state index in [1.807, 2.05) is 30.3 Å². The Kier molecular flexibility index (Phi) is 20.1. The molecule has 0 aliphatic carbocycles. The van der Waals surface area contributed by atoms with Crippen molar-refractivity contribution < 1.29 is 68.6 Å². The Morgan fingerprint density at radius 1 is 0.685 bits per heavy atom. The van der Waals surface area contributed by atoms with Crippen molar-refractivity contribution in [3.05, 3.63) is 77.4 Å². The van der Waals surface area contributed by atoms with Crippen LogP contribution in [0.2, 0.25) is 0 Å². The quantitative estimate of drug-likeness (QED) is 0.0343. The topological polar surface area (TPSA) is 150 Å². The number of ether oxygens (including phenoxy) is 6. The van der Waals surface area contributed by atoms with Crippen LogP contribution >= 0.6 is 0 Å². The predicted octanol–water partition coefficient (Wildman–Crippen LogP) is 6.90. The Labute approximate surface area is 313 Å². The predicted molar refractivity (Wildman–Crippen MR) is 193 cm³/mol. The monoisotopic (exact) mass is 784 g/mol. The summed E-state index contributed by atoms with van der Waals surface area (Å²) in [7, 11) is -2.70. The first-order chi connectivity index (χ1) is 25.8. The maximum Gasteiger partial charge on any atom is 0.534 e. The van der Waals surface area contributed by atoms with Crippen LogP contribution in [0, 0.1) is 0 Å². The molecule has 0 heterocycles. The van der Waals surface area contributed by atoms with Gasteiger partial charge in [-0.25, -0.2) is 0 Å². The minimum atomic E-state index is -5.83. The Hall–Kier alpha value is -4.67. The lowest BCUT2D eigenvalue weighted by atomic mass is 10.00. The Bertz CT molecular complexity index is 1710. The highest BCUT2D eigenvalue weighted by atomic mass is 32.2. The molecule has 0 aliphatic rings. The van der Waals surface area contributed by atoms with Gasteiger partial charge in [0.15, 0.2) is 11.5 Å². The van der Waals surface area contributed by atoms with Crippen LogP contribution in [0.4, 0.5) is 13.2 Å². The van der Waals surface area contributed by atoms with Crippen LogP contribution in [0.15, 0.2) is 60.7 Å². The second-order valence-electron chi connectivity index (χ2n) is 11.3. The molecule has 0 N–H and O–H groups in total. The van der Waals surface area contributed by atoms with Crippen LogP contribution in [-0.2, 0) is 51.5 Å². The molecule has 0 saturated heterocycles. The van der Waals surface area contributed by atoms with Gasteiger partial charge in [0.1, 0.15) is 12.0 Å². The van der Waals surface area contributed by atoms with Gasteiger partial charge in [-0.2, -0.15) is 21.6 Å². The van der Waals surface area contributed by atoms with Gasteiger partial charge >= 0.3 is 27.6 Å². The molecule has 0 atom stereocenters. The summed E-state index contributed by atoms with van der Waals surface area (Å²) >= 11 is 0. The zero-order chi connectivity index (χ0) is 40.0. The van der Waals surface area contributed by atoms with Gasteiger partial charge in [0.05, 0.1) is 26.4 Å². The maximum absolute atomic E-state index is 12.5. The summed E-state index contributed by atoms with van der Waals surface area (Å²) in [5.74, 6) is -0.648. The standard InChI is InChI=1S/C22H26O5.C16H21F3O7S/c1-3-26-22(24)12-8-17-7-11-20(19-9-5-18(16-23)6-10-19)21(15-17)27-14-4-13-25-2;1-3-24-15(20)8-6-12-5-7-13(26-27(21,22)16(17,18)19)14(11-12)25-10-4-9-23-2/h5-7,9-11,15-16H,3-4,8,12-14H2,1-2H3;5,7,11H,3-4,6,8-10H2,1-2H3. The number of carbonyl (C=O) groups excluding carboxylic acids is 3.